The van der Waals surface area contributed by atoms with E-state index in [2.05, 4.69) is 20.9 Å². The molecule has 0 atom stereocenters. The average Bonchev–Trinajstić information content (AvgIpc) is 3.06. The van der Waals surface area contributed by atoms with Gasteiger partial charge in [-0.3, -0.25) is 4.79 Å². The van der Waals surface area contributed by atoms with Crippen LogP contribution in [-0.2, 0) is 11.3 Å². The van der Waals surface area contributed by atoms with Crippen LogP contribution in [0.25, 0.3) is 17.1 Å². The molecule has 0 aliphatic heterocycles. The molecule has 0 saturated heterocycles. The van der Waals surface area contributed by atoms with E-state index in [4.69, 9.17) is 9.47 Å². The maximum Gasteiger partial charge on any atom is 0.244 e. The molecule has 6 nitrogen and oxygen atoms in total. The lowest BCUT2D eigenvalue weighted by Gasteiger charge is -2.11. The fourth-order valence-corrected chi connectivity index (χ4v) is 3.33. The lowest BCUT2D eigenvalue weighted by atomic mass is 10.2. The first-order valence-electron chi connectivity index (χ1n) is 10.4. The van der Waals surface area contributed by atoms with Crippen molar-refractivity contribution in [1.29, 1.82) is 0 Å². The summed E-state index contributed by atoms with van der Waals surface area (Å²) in [6.45, 7) is 8.42. The Morgan fingerprint density at radius 3 is 2.67 bits per heavy atom. The van der Waals surface area contributed by atoms with Gasteiger partial charge in [0.15, 0.2) is 11.5 Å². The largest absolute Gasteiger partial charge is 0.490 e. The summed E-state index contributed by atoms with van der Waals surface area (Å²) < 4.78 is 13.4. The Hall–Kier alpha value is -3.28. The Kier molecular flexibility index (Phi) is 7.49. The van der Waals surface area contributed by atoms with Gasteiger partial charge in [-0.15, -0.1) is 0 Å². The topological polar surface area (TPSA) is 65.4 Å². The van der Waals surface area contributed by atoms with Crippen LogP contribution in [0.5, 0.6) is 11.5 Å². The number of carbonyl (C=O) groups is 1. The Morgan fingerprint density at radius 1 is 1.10 bits per heavy atom. The molecule has 30 heavy (non-hydrogen) atoms. The van der Waals surface area contributed by atoms with Crippen LogP contribution >= 0.6 is 0 Å². The van der Waals surface area contributed by atoms with Crippen molar-refractivity contribution in [2.45, 2.75) is 33.7 Å². The van der Waals surface area contributed by atoms with Crippen LogP contribution in [0.2, 0.25) is 0 Å². The maximum absolute atomic E-state index is 12.2. The van der Waals surface area contributed by atoms with Crippen molar-refractivity contribution in [1.82, 2.24) is 14.9 Å². The van der Waals surface area contributed by atoms with E-state index in [1.54, 1.807) is 12.2 Å². The van der Waals surface area contributed by atoms with E-state index in [0.717, 1.165) is 35.4 Å². The van der Waals surface area contributed by atoms with Crippen LogP contribution in [0.4, 0.5) is 0 Å². The molecule has 0 saturated carbocycles. The fraction of sp³-hybridized carbons (Fsp3) is 0.333. The number of aromatic nitrogens is 2. The van der Waals surface area contributed by atoms with Gasteiger partial charge in [0.1, 0.15) is 5.82 Å². The molecule has 158 valence electrons. The summed E-state index contributed by atoms with van der Waals surface area (Å²) in [5.41, 5.74) is 3.02. The molecule has 1 aromatic heterocycles. The van der Waals surface area contributed by atoms with Crippen LogP contribution in [0.3, 0.4) is 0 Å². The third-order valence-electron chi connectivity index (χ3n) is 4.70. The molecule has 1 heterocycles. The molecule has 3 aromatic rings. The maximum atomic E-state index is 12.2. The minimum absolute atomic E-state index is 0.117. The molecular formula is C24H29N3O3. The number of nitrogens with zero attached hydrogens (tertiary/aromatic N) is 2. The van der Waals surface area contributed by atoms with Crippen molar-refractivity contribution in [3.05, 3.63) is 59.9 Å². The molecule has 3 rings (SSSR count). The number of hydrogen-bond donors (Lipinski definition) is 1. The summed E-state index contributed by atoms with van der Waals surface area (Å²) in [4.78, 5) is 16.7. The van der Waals surface area contributed by atoms with Gasteiger partial charge >= 0.3 is 0 Å². The van der Waals surface area contributed by atoms with E-state index in [0.29, 0.717) is 31.3 Å². The zero-order chi connectivity index (χ0) is 21.3. The molecule has 0 bridgehead atoms. The van der Waals surface area contributed by atoms with Crippen molar-refractivity contribution in [3.63, 3.8) is 0 Å². The van der Waals surface area contributed by atoms with Gasteiger partial charge in [-0.25, -0.2) is 4.98 Å². The van der Waals surface area contributed by atoms with Gasteiger partial charge in [0, 0.05) is 19.2 Å². The van der Waals surface area contributed by atoms with Crippen molar-refractivity contribution >= 4 is 23.0 Å². The first kappa shape index (κ1) is 21.4. The quantitative estimate of drug-likeness (QED) is 0.401. The molecule has 0 spiro atoms. The first-order chi connectivity index (χ1) is 14.6. The zero-order valence-corrected chi connectivity index (χ0v) is 17.9. The number of carbonyl (C=O) groups excluding carboxylic acids is 1. The fourth-order valence-electron chi connectivity index (χ4n) is 3.33. The van der Waals surface area contributed by atoms with E-state index >= 15 is 0 Å². The normalized spacial score (nSPS) is 11.2. The van der Waals surface area contributed by atoms with E-state index in [1.807, 2.05) is 57.2 Å². The Labute approximate surface area is 177 Å². The highest BCUT2D eigenvalue weighted by Crippen LogP contribution is 2.29. The molecule has 0 aliphatic carbocycles. The highest BCUT2D eigenvalue weighted by Gasteiger charge is 2.07. The van der Waals surface area contributed by atoms with Crippen LogP contribution in [0.15, 0.2) is 48.5 Å². The van der Waals surface area contributed by atoms with Gasteiger partial charge < -0.3 is 19.4 Å². The zero-order valence-electron chi connectivity index (χ0n) is 17.9. The van der Waals surface area contributed by atoms with Gasteiger partial charge in [-0.05, 0) is 63.1 Å². The highest BCUT2D eigenvalue weighted by molar-refractivity contribution is 5.91. The Bertz CT molecular complexity index is 1020. The molecule has 0 unspecified atom stereocenters. The number of ether oxygens (including phenoxy) is 2. The summed E-state index contributed by atoms with van der Waals surface area (Å²) in [7, 11) is 0. The lowest BCUT2D eigenvalue weighted by Crippen LogP contribution is -2.23. The highest BCUT2D eigenvalue weighted by atomic mass is 16.5. The van der Waals surface area contributed by atoms with Gasteiger partial charge in [0.05, 0.1) is 24.2 Å². The monoisotopic (exact) mass is 407 g/mol. The minimum atomic E-state index is -0.117. The lowest BCUT2D eigenvalue weighted by molar-refractivity contribution is -0.116. The SMILES string of the molecule is CCOc1ccc(/C=C/C(=O)NCCCn2c(C)nc3ccccc32)cc1OCC. The number of imidazole rings is 1. The number of fused-ring (bicyclic) bond motifs is 1. The van der Waals surface area contributed by atoms with E-state index in [9.17, 15) is 4.79 Å². The molecule has 0 fully saturated rings. The summed E-state index contributed by atoms with van der Waals surface area (Å²) >= 11 is 0. The number of benzene rings is 2. The van der Waals surface area contributed by atoms with Crippen molar-refractivity contribution < 1.29 is 14.3 Å². The number of aryl methyl sites for hydroxylation is 2. The summed E-state index contributed by atoms with van der Waals surface area (Å²) in [5.74, 6) is 2.27. The van der Waals surface area contributed by atoms with Crippen LogP contribution in [0.1, 0.15) is 31.7 Å². The van der Waals surface area contributed by atoms with Gasteiger partial charge in [0.2, 0.25) is 5.91 Å². The van der Waals surface area contributed by atoms with E-state index in [1.165, 1.54) is 0 Å². The summed E-state index contributed by atoms with van der Waals surface area (Å²) in [5, 5.41) is 2.94. The van der Waals surface area contributed by atoms with Crippen LogP contribution in [0, 0.1) is 6.92 Å². The smallest absolute Gasteiger partial charge is 0.244 e. The predicted molar refractivity (Wildman–Crippen MR) is 120 cm³/mol. The number of amides is 1. The number of para-hydroxylation sites is 2. The molecule has 6 heteroatoms. The van der Waals surface area contributed by atoms with Gasteiger partial charge in [-0.1, -0.05) is 18.2 Å². The van der Waals surface area contributed by atoms with Crippen molar-refractivity contribution in [3.8, 4) is 11.5 Å². The second-order valence-corrected chi connectivity index (χ2v) is 6.85. The van der Waals surface area contributed by atoms with Crippen LogP contribution in [-0.4, -0.2) is 35.2 Å². The van der Waals surface area contributed by atoms with Crippen LogP contribution < -0.4 is 14.8 Å². The molecule has 1 amide bonds. The van der Waals surface area contributed by atoms with E-state index < -0.39 is 0 Å². The average molecular weight is 408 g/mol. The molecular weight excluding hydrogens is 378 g/mol. The van der Waals surface area contributed by atoms with Crippen molar-refractivity contribution in [2.75, 3.05) is 19.8 Å². The number of nitrogens with one attached hydrogen (secondary N) is 1. The second-order valence-electron chi connectivity index (χ2n) is 6.85. The third-order valence-corrected chi connectivity index (χ3v) is 4.70. The Balaban J connectivity index is 1.51. The Morgan fingerprint density at radius 2 is 1.87 bits per heavy atom. The third kappa shape index (κ3) is 5.41. The van der Waals surface area contributed by atoms with E-state index in [-0.39, 0.29) is 5.91 Å². The number of rotatable bonds is 10. The minimum Gasteiger partial charge on any atom is -0.490 e. The number of hydrogen-bond acceptors (Lipinski definition) is 4. The summed E-state index contributed by atoms with van der Waals surface area (Å²) in [6, 6.07) is 13.8. The molecule has 0 aliphatic rings. The predicted octanol–water partition coefficient (Wildman–Crippen LogP) is 4.36. The first-order valence-corrected chi connectivity index (χ1v) is 10.4. The molecule has 0 radical (unpaired) electrons. The molecule has 2 aromatic carbocycles. The molecule has 1 N–H and O–H groups in total. The van der Waals surface area contributed by atoms with Gasteiger partial charge in [0.25, 0.3) is 0 Å². The second kappa shape index (κ2) is 10.5. The summed E-state index contributed by atoms with van der Waals surface area (Å²) in [6.07, 6.45) is 4.16. The van der Waals surface area contributed by atoms with Gasteiger partial charge in [-0.2, -0.15) is 0 Å². The van der Waals surface area contributed by atoms with Crippen molar-refractivity contribution in [2.24, 2.45) is 0 Å². The standard InChI is InChI=1S/C24H29N3O3/c1-4-29-22-13-11-19(17-23(22)30-5-2)12-14-24(28)25-15-8-16-27-18(3)26-20-9-6-7-10-21(20)27/h6-7,9-14,17H,4-5,8,15-16H2,1-3H3,(H,25,28)/b14-12+.